The highest BCUT2D eigenvalue weighted by molar-refractivity contribution is 7.80. The zero-order chi connectivity index (χ0) is 22.0. The molecule has 4 rings (SSSR count). The number of rotatable bonds is 4. The lowest BCUT2D eigenvalue weighted by atomic mass is 9.88. The Bertz CT molecular complexity index is 952. The molecule has 2 heterocycles. The molecule has 0 saturated carbocycles. The number of hydrogen-bond donors (Lipinski definition) is 1. The van der Waals surface area contributed by atoms with E-state index in [1.54, 1.807) is 11.3 Å². The van der Waals surface area contributed by atoms with Crippen LogP contribution in [-0.4, -0.2) is 54.2 Å². The number of thiocarbonyl (C=S) groups is 1. The van der Waals surface area contributed by atoms with E-state index in [1.807, 2.05) is 12.1 Å². The van der Waals surface area contributed by atoms with Crippen LogP contribution in [0.25, 0.3) is 0 Å². The summed E-state index contributed by atoms with van der Waals surface area (Å²) in [6, 6.07) is 8.03. The average molecular weight is 478 g/mol. The van der Waals surface area contributed by atoms with Crippen LogP contribution in [0.4, 0.5) is 5.00 Å². The normalized spacial score (nSPS) is 19.1. The SMILES string of the molecule is COC(=O)c1c(NC(=S)N2CCN(Cc3ccc(Cl)cc3)CC2)sc2c1CCC(C)C2. The number of anilines is 1. The second-order valence-electron chi connectivity index (χ2n) is 8.37. The summed E-state index contributed by atoms with van der Waals surface area (Å²) in [6.07, 6.45) is 3.05. The highest BCUT2D eigenvalue weighted by atomic mass is 35.5. The number of thiophene rings is 1. The minimum absolute atomic E-state index is 0.273. The lowest BCUT2D eigenvalue weighted by Crippen LogP contribution is -2.49. The molecule has 0 amide bonds. The lowest BCUT2D eigenvalue weighted by Gasteiger charge is -2.36. The molecule has 5 nitrogen and oxygen atoms in total. The van der Waals surface area contributed by atoms with Gasteiger partial charge in [-0.2, -0.15) is 0 Å². The van der Waals surface area contributed by atoms with E-state index in [1.165, 1.54) is 17.6 Å². The molecule has 1 aliphatic heterocycles. The van der Waals surface area contributed by atoms with E-state index in [2.05, 4.69) is 34.2 Å². The molecular formula is C23H28ClN3O2S2. The van der Waals surface area contributed by atoms with Crippen molar-refractivity contribution in [3.8, 4) is 0 Å². The molecular weight excluding hydrogens is 450 g/mol. The number of benzene rings is 1. The molecule has 31 heavy (non-hydrogen) atoms. The van der Waals surface area contributed by atoms with Crippen molar-refractivity contribution in [2.45, 2.75) is 32.7 Å². The highest BCUT2D eigenvalue weighted by Crippen LogP contribution is 2.40. The van der Waals surface area contributed by atoms with Crippen molar-refractivity contribution in [2.24, 2.45) is 5.92 Å². The first-order chi connectivity index (χ1) is 14.9. The van der Waals surface area contributed by atoms with Crippen molar-refractivity contribution >= 4 is 51.2 Å². The van der Waals surface area contributed by atoms with Gasteiger partial charge in [0.2, 0.25) is 0 Å². The average Bonchev–Trinajstić information content (AvgIpc) is 3.12. The fraction of sp³-hybridized carbons (Fsp3) is 0.478. The van der Waals surface area contributed by atoms with Gasteiger partial charge in [-0.3, -0.25) is 4.90 Å². The van der Waals surface area contributed by atoms with Gasteiger partial charge in [0, 0.05) is 42.6 Å². The van der Waals surface area contributed by atoms with Gasteiger partial charge in [-0.05, 0) is 60.7 Å². The molecule has 1 saturated heterocycles. The number of nitrogens with one attached hydrogen (secondary N) is 1. The van der Waals surface area contributed by atoms with Gasteiger partial charge < -0.3 is 15.0 Å². The molecule has 166 valence electrons. The number of methoxy groups -OCH3 is 1. The minimum Gasteiger partial charge on any atom is -0.465 e. The molecule has 0 bridgehead atoms. The fourth-order valence-electron chi connectivity index (χ4n) is 4.29. The summed E-state index contributed by atoms with van der Waals surface area (Å²) in [5, 5.41) is 5.66. The topological polar surface area (TPSA) is 44.8 Å². The standard InChI is InChI=1S/C23H28ClN3O2S2/c1-15-3-8-18-19(13-15)31-21(20(18)22(28)29-2)25-23(30)27-11-9-26(10-12-27)14-16-4-6-17(24)7-5-16/h4-7,15H,3,8-14H2,1-2H3,(H,25,30). The van der Waals surface area contributed by atoms with Crippen LogP contribution < -0.4 is 5.32 Å². The van der Waals surface area contributed by atoms with Crippen LogP contribution >= 0.6 is 35.2 Å². The van der Waals surface area contributed by atoms with Gasteiger partial charge in [0.15, 0.2) is 5.11 Å². The summed E-state index contributed by atoms with van der Waals surface area (Å²) in [5.41, 5.74) is 3.09. The molecule has 0 radical (unpaired) electrons. The first-order valence-electron chi connectivity index (χ1n) is 10.7. The van der Waals surface area contributed by atoms with Gasteiger partial charge in [0.25, 0.3) is 0 Å². The zero-order valence-corrected chi connectivity index (χ0v) is 20.3. The van der Waals surface area contributed by atoms with Gasteiger partial charge in [-0.25, -0.2) is 4.79 Å². The maximum absolute atomic E-state index is 12.5. The van der Waals surface area contributed by atoms with Crippen molar-refractivity contribution in [1.29, 1.82) is 0 Å². The number of carbonyl (C=O) groups excluding carboxylic acids is 1. The quantitative estimate of drug-likeness (QED) is 0.502. The van der Waals surface area contributed by atoms with E-state index >= 15 is 0 Å². The Balaban J connectivity index is 1.39. The predicted molar refractivity (Wildman–Crippen MR) is 131 cm³/mol. The van der Waals surface area contributed by atoms with Gasteiger partial charge in [0.1, 0.15) is 5.00 Å². The van der Waals surface area contributed by atoms with E-state index in [0.29, 0.717) is 16.6 Å². The van der Waals surface area contributed by atoms with Crippen molar-refractivity contribution in [3.05, 3.63) is 50.9 Å². The Labute approximate surface area is 198 Å². The van der Waals surface area contributed by atoms with Crippen LogP contribution in [0.5, 0.6) is 0 Å². The van der Waals surface area contributed by atoms with Gasteiger partial charge in [-0.1, -0.05) is 30.7 Å². The third kappa shape index (κ3) is 5.22. The van der Waals surface area contributed by atoms with Crippen LogP contribution in [0, 0.1) is 5.92 Å². The van der Waals surface area contributed by atoms with E-state index < -0.39 is 0 Å². The van der Waals surface area contributed by atoms with Crippen molar-refractivity contribution in [1.82, 2.24) is 9.80 Å². The third-order valence-corrected chi connectivity index (χ3v) is 7.88. The number of carbonyl (C=O) groups is 1. The molecule has 1 N–H and O–H groups in total. The number of nitrogens with zero attached hydrogens (tertiary/aromatic N) is 2. The molecule has 1 aliphatic carbocycles. The number of piperazine rings is 1. The summed E-state index contributed by atoms with van der Waals surface area (Å²) < 4.78 is 5.09. The second-order valence-corrected chi connectivity index (χ2v) is 10.3. The summed E-state index contributed by atoms with van der Waals surface area (Å²) in [4.78, 5) is 18.4. The molecule has 1 fully saturated rings. The van der Waals surface area contributed by atoms with Gasteiger partial charge >= 0.3 is 5.97 Å². The number of hydrogen-bond acceptors (Lipinski definition) is 5. The lowest BCUT2D eigenvalue weighted by molar-refractivity contribution is 0.0601. The summed E-state index contributed by atoms with van der Waals surface area (Å²) in [5.74, 6) is 0.371. The van der Waals surface area contributed by atoms with Gasteiger partial charge in [-0.15, -0.1) is 11.3 Å². The fourth-order valence-corrected chi connectivity index (χ4v) is 6.16. The maximum Gasteiger partial charge on any atom is 0.341 e. The summed E-state index contributed by atoms with van der Waals surface area (Å²) >= 11 is 13.4. The largest absolute Gasteiger partial charge is 0.465 e. The molecule has 2 aromatic rings. The van der Waals surface area contributed by atoms with E-state index in [0.717, 1.165) is 67.6 Å². The number of ether oxygens (including phenoxy) is 1. The third-order valence-electron chi connectivity index (χ3n) is 6.10. The van der Waals surface area contributed by atoms with Crippen molar-refractivity contribution in [3.63, 3.8) is 0 Å². The van der Waals surface area contributed by atoms with E-state index in [4.69, 9.17) is 28.6 Å². The predicted octanol–water partition coefficient (Wildman–Crippen LogP) is 4.83. The number of halogens is 1. The van der Waals surface area contributed by atoms with E-state index in [-0.39, 0.29) is 5.97 Å². The monoisotopic (exact) mass is 477 g/mol. The summed E-state index contributed by atoms with van der Waals surface area (Å²) in [7, 11) is 1.44. The Kier molecular flexibility index (Phi) is 7.16. The molecule has 1 aromatic heterocycles. The molecule has 0 spiro atoms. The zero-order valence-electron chi connectivity index (χ0n) is 17.9. The molecule has 1 unspecified atom stereocenters. The van der Waals surface area contributed by atoms with Crippen LogP contribution in [0.15, 0.2) is 24.3 Å². The Morgan fingerprint density at radius 3 is 2.65 bits per heavy atom. The molecule has 8 heteroatoms. The van der Waals surface area contributed by atoms with Crippen LogP contribution in [0.1, 0.15) is 39.7 Å². The number of esters is 1. The highest BCUT2D eigenvalue weighted by Gasteiger charge is 2.29. The van der Waals surface area contributed by atoms with E-state index in [9.17, 15) is 4.79 Å². The van der Waals surface area contributed by atoms with Crippen molar-refractivity contribution in [2.75, 3.05) is 38.6 Å². The Morgan fingerprint density at radius 2 is 1.97 bits per heavy atom. The van der Waals surface area contributed by atoms with Crippen LogP contribution in [-0.2, 0) is 24.1 Å². The van der Waals surface area contributed by atoms with Crippen molar-refractivity contribution < 1.29 is 9.53 Å². The smallest absolute Gasteiger partial charge is 0.341 e. The maximum atomic E-state index is 12.5. The molecule has 1 aromatic carbocycles. The summed E-state index contributed by atoms with van der Waals surface area (Å²) in [6.45, 7) is 6.76. The minimum atomic E-state index is -0.273. The molecule has 1 atom stereocenters. The van der Waals surface area contributed by atoms with Gasteiger partial charge in [0.05, 0.1) is 12.7 Å². The number of fused-ring (bicyclic) bond motifs is 1. The Morgan fingerprint density at radius 1 is 1.26 bits per heavy atom. The van der Waals surface area contributed by atoms with Crippen LogP contribution in [0.3, 0.4) is 0 Å². The first kappa shape index (κ1) is 22.5. The Hall–Kier alpha value is -1.67. The second kappa shape index (κ2) is 9.86. The van der Waals surface area contributed by atoms with Crippen LogP contribution in [0.2, 0.25) is 5.02 Å². The molecule has 2 aliphatic rings. The first-order valence-corrected chi connectivity index (χ1v) is 12.3.